The van der Waals surface area contributed by atoms with Crippen molar-refractivity contribution in [3.8, 4) is 10.8 Å². The van der Waals surface area contributed by atoms with Crippen LogP contribution in [-0.4, -0.2) is 5.11 Å². The fourth-order valence-corrected chi connectivity index (χ4v) is 1.31. The minimum absolute atomic E-state index is 0.803. The zero-order chi connectivity index (χ0) is 9.03. The van der Waals surface area contributed by atoms with Gasteiger partial charge in [-0.1, -0.05) is 36.3 Å². The normalized spacial score (nSPS) is 14.2. The molecule has 0 bridgehead atoms. The SMILES string of the molecule is C[C@](O)(C#CBr)c1ccccc1. The van der Waals surface area contributed by atoms with E-state index in [1.807, 2.05) is 30.3 Å². The topological polar surface area (TPSA) is 20.2 Å². The van der Waals surface area contributed by atoms with Gasteiger partial charge in [0.05, 0.1) is 0 Å². The maximum atomic E-state index is 9.78. The van der Waals surface area contributed by atoms with Crippen LogP contribution in [0.3, 0.4) is 0 Å². The van der Waals surface area contributed by atoms with Crippen LogP contribution in [-0.2, 0) is 5.60 Å². The van der Waals surface area contributed by atoms with Gasteiger partial charge in [0, 0.05) is 15.9 Å². The van der Waals surface area contributed by atoms with Crippen LogP contribution in [0.15, 0.2) is 30.3 Å². The van der Waals surface area contributed by atoms with E-state index in [1.54, 1.807) is 6.92 Å². The van der Waals surface area contributed by atoms with Crippen LogP contribution in [0.4, 0.5) is 0 Å². The first-order valence-corrected chi connectivity index (χ1v) is 4.37. The average Bonchev–Trinajstić information content (AvgIpc) is 2.06. The summed E-state index contributed by atoms with van der Waals surface area (Å²) in [6, 6.07) is 9.34. The lowest BCUT2D eigenvalue weighted by Crippen LogP contribution is -2.17. The molecule has 0 aromatic heterocycles. The number of benzene rings is 1. The van der Waals surface area contributed by atoms with Gasteiger partial charge in [-0.25, -0.2) is 0 Å². The molecule has 1 aromatic carbocycles. The molecule has 2 heteroatoms. The molecule has 62 valence electrons. The van der Waals surface area contributed by atoms with Crippen LogP contribution in [0.2, 0.25) is 0 Å². The summed E-state index contributed by atoms with van der Waals surface area (Å²) in [4.78, 5) is 2.52. The molecule has 0 saturated heterocycles. The van der Waals surface area contributed by atoms with Crippen molar-refractivity contribution in [3.63, 3.8) is 0 Å². The Kier molecular flexibility index (Phi) is 2.91. The third kappa shape index (κ3) is 2.10. The predicted molar refractivity (Wildman–Crippen MR) is 52.7 cm³/mol. The molecule has 0 saturated carbocycles. The molecule has 0 aliphatic carbocycles. The van der Waals surface area contributed by atoms with Crippen LogP contribution in [0.5, 0.6) is 0 Å². The molecule has 0 radical (unpaired) electrons. The Labute approximate surface area is 80.6 Å². The van der Waals surface area contributed by atoms with Crippen molar-refractivity contribution in [2.75, 3.05) is 0 Å². The first-order chi connectivity index (χ1) is 5.67. The third-order valence-corrected chi connectivity index (χ3v) is 1.82. The van der Waals surface area contributed by atoms with Crippen molar-refractivity contribution < 1.29 is 5.11 Å². The van der Waals surface area contributed by atoms with Gasteiger partial charge in [-0.05, 0) is 17.3 Å². The second kappa shape index (κ2) is 3.75. The van der Waals surface area contributed by atoms with E-state index in [0.717, 1.165) is 5.56 Å². The lowest BCUT2D eigenvalue weighted by atomic mass is 9.97. The lowest BCUT2D eigenvalue weighted by Gasteiger charge is -2.15. The van der Waals surface area contributed by atoms with E-state index in [9.17, 15) is 5.11 Å². The molecule has 1 nitrogen and oxygen atoms in total. The highest BCUT2D eigenvalue weighted by Crippen LogP contribution is 2.18. The molecule has 0 aliphatic heterocycles. The first-order valence-electron chi connectivity index (χ1n) is 3.57. The molecular weight excluding hydrogens is 216 g/mol. The minimum Gasteiger partial charge on any atom is -0.374 e. The molecule has 0 amide bonds. The second-order valence-corrected chi connectivity index (χ2v) is 3.05. The van der Waals surface area contributed by atoms with Crippen molar-refractivity contribution in [2.45, 2.75) is 12.5 Å². The van der Waals surface area contributed by atoms with Gasteiger partial charge in [0.2, 0.25) is 0 Å². The van der Waals surface area contributed by atoms with E-state index in [1.165, 1.54) is 0 Å². The molecule has 0 spiro atoms. The Morgan fingerprint density at radius 1 is 1.33 bits per heavy atom. The van der Waals surface area contributed by atoms with Gasteiger partial charge < -0.3 is 5.11 Å². The summed E-state index contributed by atoms with van der Waals surface area (Å²) in [5.74, 6) is 2.66. The smallest absolute Gasteiger partial charge is 0.149 e. The summed E-state index contributed by atoms with van der Waals surface area (Å²) >= 11 is 2.96. The molecule has 1 aromatic rings. The summed E-state index contributed by atoms with van der Waals surface area (Å²) in [5, 5.41) is 9.78. The second-order valence-electron chi connectivity index (χ2n) is 2.66. The molecule has 0 aliphatic rings. The molecule has 0 fully saturated rings. The fraction of sp³-hybridized carbons (Fsp3) is 0.200. The maximum Gasteiger partial charge on any atom is 0.149 e. The Balaban J connectivity index is 3.03. The van der Waals surface area contributed by atoms with Gasteiger partial charge >= 0.3 is 0 Å². The third-order valence-electron chi connectivity index (χ3n) is 1.63. The van der Waals surface area contributed by atoms with Gasteiger partial charge in [0.1, 0.15) is 5.60 Å². The summed E-state index contributed by atoms with van der Waals surface area (Å²) in [7, 11) is 0. The van der Waals surface area contributed by atoms with Crippen molar-refractivity contribution in [3.05, 3.63) is 35.9 Å². The quantitative estimate of drug-likeness (QED) is 0.726. The summed E-state index contributed by atoms with van der Waals surface area (Å²) in [6.07, 6.45) is 0. The van der Waals surface area contributed by atoms with E-state index in [4.69, 9.17) is 0 Å². The van der Waals surface area contributed by atoms with Crippen LogP contribution in [0.1, 0.15) is 12.5 Å². The van der Waals surface area contributed by atoms with Crippen LogP contribution < -0.4 is 0 Å². The number of hydrogen-bond donors (Lipinski definition) is 1. The molecule has 0 heterocycles. The highest BCUT2D eigenvalue weighted by molar-refractivity contribution is 9.12. The fourth-order valence-electron chi connectivity index (χ4n) is 0.927. The van der Waals surface area contributed by atoms with Gasteiger partial charge in [0.15, 0.2) is 0 Å². The Morgan fingerprint density at radius 2 is 1.92 bits per heavy atom. The number of aliphatic hydroxyl groups is 1. The van der Waals surface area contributed by atoms with Crippen molar-refractivity contribution in [1.29, 1.82) is 0 Å². The van der Waals surface area contributed by atoms with E-state index in [0.29, 0.717) is 0 Å². The van der Waals surface area contributed by atoms with Crippen molar-refractivity contribution in [2.24, 2.45) is 0 Å². The number of halogens is 1. The first kappa shape index (κ1) is 9.31. The van der Waals surface area contributed by atoms with E-state index in [2.05, 4.69) is 26.7 Å². The zero-order valence-electron chi connectivity index (χ0n) is 6.71. The minimum atomic E-state index is -1.06. The Hall–Kier alpha value is -0.780. The summed E-state index contributed by atoms with van der Waals surface area (Å²) < 4.78 is 0. The van der Waals surface area contributed by atoms with E-state index < -0.39 is 5.60 Å². The van der Waals surface area contributed by atoms with Crippen LogP contribution in [0.25, 0.3) is 0 Å². The monoisotopic (exact) mass is 224 g/mol. The summed E-state index contributed by atoms with van der Waals surface area (Å²) in [6.45, 7) is 1.66. The van der Waals surface area contributed by atoms with Crippen molar-refractivity contribution >= 4 is 15.9 Å². The zero-order valence-corrected chi connectivity index (χ0v) is 8.30. The summed E-state index contributed by atoms with van der Waals surface area (Å²) in [5.41, 5.74) is -0.262. The highest BCUT2D eigenvalue weighted by atomic mass is 79.9. The lowest BCUT2D eigenvalue weighted by molar-refractivity contribution is 0.122. The molecule has 1 N–H and O–H groups in total. The van der Waals surface area contributed by atoms with Gasteiger partial charge in [-0.2, -0.15) is 0 Å². The predicted octanol–water partition coefficient (Wildman–Crippen LogP) is 2.25. The Bertz CT molecular complexity index is 306. The van der Waals surface area contributed by atoms with Crippen LogP contribution in [0, 0.1) is 10.8 Å². The maximum absolute atomic E-state index is 9.78. The van der Waals surface area contributed by atoms with Gasteiger partial charge in [0.25, 0.3) is 0 Å². The molecule has 0 unspecified atom stereocenters. The average molecular weight is 225 g/mol. The number of hydrogen-bond acceptors (Lipinski definition) is 1. The Morgan fingerprint density at radius 3 is 2.42 bits per heavy atom. The van der Waals surface area contributed by atoms with Gasteiger partial charge in [-0.15, -0.1) is 0 Å². The van der Waals surface area contributed by atoms with E-state index >= 15 is 0 Å². The van der Waals surface area contributed by atoms with Crippen LogP contribution >= 0.6 is 15.9 Å². The molecule has 1 atom stereocenters. The molecule has 1 rings (SSSR count). The highest BCUT2D eigenvalue weighted by Gasteiger charge is 2.18. The van der Waals surface area contributed by atoms with Gasteiger partial charge in [-0.3, -0.25) is 0 Å². The largest absolute Gasteiger partial charge is 0.374 e. The van der Waals surface area contributed by atoms with E-state index in [-0.39, 0.29) is 0 Å². The number of rotatable bonds is 1. The molecular formula is C10H9BrO. The van der Waals surface area contributed by atoms with Crippen molar-refractivity contribution in [1.82, 2.24) is 0 Å². The standard InChI is InChI=1S/C10H9BrO/c1-10(12,7-8-11)9-5-3-2-4-6-9/h2-6,12H,1H3/t10-/m0/s1. The molecule has 12 heavy (non-hydrogen) atoms.